The molecule has 28 heavy (non-hydrogen) atoms. The highest BCUT2D eigenvalue weighted by molar-refractivity contribution is 6.30. The predicted octanol–water partition coefficient (Wildman–Crippen LogP) is 3.62. The van der Waals surface area contributed by atoms with E-state index in [1.807, 2.05) is 36.1 Å². The topological polar surface area (TPSA) is 70.5 Å². The van der Waals surface area contributed by atoms with E-state index in [4.69, 9.17) is 16.6 Å². The van der Waals surface area contributed by atoms with Crippen molar-refractivity contribution in [2.24, 2.45) is 5.92 Å². The minimum Gasteiger partial charge on any atom is -0.342 e. The van der Waals surface area contributed by atoms with Crippen LogP contribution in [0.2, 0.25) is 5.02 Å². The van der Waals surface area contributed by atoms with Crippen LogP contribution < -0.4 is 5.56 Å². The van der Waals surface area contributed by atoms with Gasteiger partial charge in [0, 0.05) is 47.6 Å². The maximum atomic E-state index is 12.7. The Morgan fingerprint density at radius 3 is 2.79 bits per heavy atom. The third-order valence-electron chi connectivity index (χ3n) is 5.20. The van der Waals surface area contributed by atoms with E-state index < -0.39 is 0 Å². The largest absolute Gasteiger partial charge is 0.342 e. The number of aromatic nitrogens is 3. The van der Waals surface area contributed by atoms with Gasteiger partial charge in [-0.2, -0.15) is 0 Å². The van der Waals surface area contributed by atoms with E-state index in [0.717, 1.165) is 23.4 Å². The molecule has 1 aromatic carbocycles. The Morgan fingerprint density at radius 2 is 2.07 bits per heavy atom. The van der Waals surface area contributed by atoms with Crippen LogP contribution in [0.4, 0.5) is 0 Å². The van der Waals surface area contributed by atoms with Crippen LogP contribution in [0.15, 0.2) is 35.1 Å². The summed E-state index contributed by atoms with van der Waals surface area (Å²) in [5.41, 5.74) is 3.69. The van der Waals surface area contributed by atoms with E-state index in [-0.39, 0.29) is 17.4 Å². The monoisotopic (exact) mass is 398 g/mol. The number of halogens is 1. The van der Waals surface area contributed by atoms with E-state index in [1.54, 1.807) is 6.07 Å². The van der Waals surface area contributed by atoms with Crippen LogP contribution in [0.5, 0.6) is 0 Å². The molecule has 3 aromatic rings. The number of nitrogens with zero attached hydrogens (tertiary/aromatic N) is 3. The van der Waals surface area contributed by atoms with Gasteiger partial charge < -0.3 is 4.90 Å². The second-order valence-corrected chi connectivity index (χ2v) is 8.33. The number of likely N-dealkylation sites (tertiary alicyclic amines) is 1. The Hall–Kier alpha value is -2.60. The Balaban J connectivity index is 1.74. The van der Waals surface area contributed by atoms with Crippen LogP contribution >= 0.6 is 11.6 Å². The summed E-state index contributed by atoms with van der Waals surface area (Å²) in [6.07, 6.45) is 0.403. The van der Waals surface area contributed by atoms with Crippen molar-refractivity contribution in [3.8, 4) is 11.3 Å². The SMILES string of the molecule is Cc1c(-c2cccc(Cl)c2)[nH]n2c(=O)cc(C3CC(=O)N(CC(C)C)C3)nc12. The van der Waals surface area contributed by atoms with E-state index in [1.165, 1.54) is 4.52 Å². The van der Waals surface area contributed by atoms with Gasteiger partial charge in [-0.25, -0.2) is 9.50 Å². The van der Waals surface area contributed by atoms with Gasteiger partial charge in [0.1, 0.15) is 0 Å². The molecule has 1 unspecified atom stereocenters. The first-order chi connectivity index (χ1) is 13.3. The highest BCUT2D eigenvalue weighted by Crippen LogP contribution is 2.29. The molecule has 3 heterocycles. The molecule has 6 nitrogen and oxygen atoms in total. The number of hydrogen-bond acceptors (Lipinski definition) is 3. The summed E-state index contributed by atoms with van der Waals surface area (Å²) in [5.74, 6) is 0.495. The van der Waals surface area contributed by atoms with Crippen molar-refractivity contribution < 1.29 is 4.79 Å². The van der Waals surface area contributed by atoms with Crippen molar-refractivity contribution in [2.45, 2.75) is 33.1 Å². The summed E-state index contributed by atoms with van der Waals surface area (Å²) < 4.78 is 1.46. The van der Waals surface area contributed by atoms with Gasteiger partial charge in [0.05, 0.1) is 11.4 Å². The Kier molecular flexibility index (Phi) is 4.75. The second-order valence-electron chi connectivity index (χ2n) is 7.89. The van der Waals surface area contributed by atoms with Crippen LogP contribution in [-0.2, 0) is 4.79 Å². The molecule has 1 aliphatic heterocycles. The van der Waals surface area contributed by atoms with Gasteiger partial charge in [0.25, 0.3) is 5.56 Å². The molecule has 0 spiro atoms. The smallest absolute Gasteiger partial charge is 0.272 e. The molecular formula is C21H23ClN4O2. The molecule has 1 fully saturated rings. The lowest BCUT2D eigenvalue weighted by molar-refractivity contribution is -0.128. The molecule has 4 rings (SSSR count). The molecule has 2 aromatic heterocycles. The van der Waals surface area contributed by atoms with Crippen LogP contribution in [-0.4, -0.2) is 38.5 Å². The van der Waals surface area contributed by atoms with Crippen molar-refractivity contribution in [1.29, 1.82) is 0 Å². The number of benzene rings is 1. The number of aromatic amines is 1. The highest BCUT2D eigenvalue weighted by atomic mass is 35.5. The van der Waals surface area contributed by atoms with Crippen LogP contribution in [0.1, 0.15) is 37.4 Å². The van der Waals surface area contributed by atoms with E-state index in [0.29, 0.717) is 35.2 Å². The number of carbonyl (C=O) groups is 1. The zero-order valence-corrected chi connectivity index (χ0v) is 17.0. The summed E-state index contributed by atoms with van der Waals surface area (Å²) in [6, 6.07) is 9.02. The van der Waals surface area contributed by atoms with Crippen molar-refractivity contribution in [1.82, 2.24) is 19.5 Å². The molecule has 1 saturated heterocycles. The van der Waals surface area contributed by atoms with Crippen molar-refractivity contribution in [2.75, 3.05) is 13.1 Å². The van der Waals surface area contributed by atoms with E-state index in [2.05, 4.69) is 18.9 Å². The van der Waals surface area contributed by atoms with Crippen LogP contribution in [0.3, 0.4) is 0 Å². The highest BCUT2D eigenvalue weighted by Gasteiger charge is 2.32. The predicted molar refractivity (Wildman–Crippen MR) is 110 cm³/mol. The minimum atomic E-state index is -0.175. The summed E-state index contributed by atoms with van der Waals surface area (Å²) in [4.78, 5) is 31.7. The molecule has 0 bridgehead atoms. The number of nitrogens with one attached hydrogen (secondary N) is 1. The zero-order chi connectivity index (χ0) is 20.0. The number of fused-ring (bicyclic) bond motifs is 1. The van der Waals surface area contributed by atoms with Crippen LogP contribution in [0.25, 0.3) is 16.9 Å². The molecule has 146 valence electrons. The molecule has 0 radical (unpaired) electrons. The average molecular weight is 399 g/mol. The second kappa shape index (κ2) is 7.09. The molecule has 0 saturated carbocycles. The number of carbonyl (C=O) groups excluding carboxylic acids is 1. The third-order valence-corrected chi connectivity index (χ3v) is 5.44. The van der Waals surface area contributed by atoms with Crippen molar-refractivity contribution in [3.63, 3.8) is 0 Å². The average Bonchev–Trinajstić information content (AvgIpc) is 3.16. The lowest BCUT2D eigenvalue weighted by Crippen LogP contribution is -2.29. The van der Waals surface area contributed by atoms with Gasteiger partial charge in [-0.1, -0.05) is 37.6 Å². The maximum absolute atomic E-state index is 12.7. The van der Waals surface area contributed by atoms with Crippen LogP contribution in [0, 0.1) is 12.8 Å². The summed E-state index contributed by atoms with van der Waals surface area (Å²) in [6.45, 7) is 7.47. The number of hydrogen-bond donors (Lipinski definition) is 1. The lowest BCUT2D eigenvalue weighted by atomic mass is 10.0. The first kappa shape index (κ1) is 18.7. The number of H-pyrrole nitrogens is 1. The quantitative estimate of drug-likeness (QED) is 0.729. The number of amides is 1. The Labute approximate surface area is 168 Å². The molecule has 1 atom stereocenters. The normalized spacial score (nSPS) is 17.2. The van der Waals surface area contributed by atoms with Gasteiger partial charge in [-0.3, -0.25) is 14.7 Å². The molecule has 1 amide bonds. The number of rotatable bonds is 4. The molecule has 7 heteroatoms. The third kappa shape index (κ3) is 3.33. The van der Waals surface area contributed by atoms with Crippen molar-refractivity contribution >= 4 is 23.2 Å². The molecule has 1 aliphatic rings. The van der Waals surface area contributed by atoms with Gasteiger partial charge >= 0.3 is 0 Å². The standard InChI is InChI=1S/C21H23ClN4O2/c1-12(2)10-25-11-15(8-18(25)27)17-9-19(28)26-21(23-17)13(3)20(24-26)14-5-4-6-16(22)7-14/h4-7,9,12,15,24H,8,10-11H2,1-3H3. The first-order valence-corrected chi connectivity index (χ1v) is 9.87. The maximum Gasteiger partial charge on any atom is 0.272 e. The first-order valence-electron chi connectivity index (χ1n) is 9.49. The van der Waals surface area contributed by atoms with Gasteiger partial charge in [0.15, 0.2) is 5.65 Å². The fraction of sp³-hybridized carbons (Fsp3) is 0.381. The van der Waals surface area contributed by atoms with E-state index >= 15 is 0 Å². The lowest BCUT2D eigenvalue weighted by Gasteiger charge is -2.18. The Morgan fingerprint density at radius 1 is 1.29 bits per heavy atom. The van der Waals surface area contributed by atoms with Gasteiger partial charge in [0.2, 0.25) is 5.91 Å². The molecule has 0 aliphatic carbocycles. The minimum absolute atomic E-state index is 0.0483. The van der Waals surface area contributed by atoms with Crippen molar-refractivity contribution in [3.05, 3.63) is 57.0 Å². The number of aryl methyl sites for hydroxylation is 1. The summed E-state index contributed by atoms with van der Waals surface area (Å²) in [7, 11) is 0. The summed E-state index contributed by atoms with van der Waals surface area (Å²) >= 11 is 6.12. The molecule has 1 N–H and O–H groups in total. The molecular weight excluding hydrogens is 376 g/mol. The fourth-order valence-electron chi connectivity index (χ4n) is 3.89. The van der Waals surface area contributed by atoms with E-state index in [9.17, 15) is 9.59 Å². The van der Waals surface area contributed by atoms with Gasteiger partial charge in [-0.05, 0) is 25.0 Å². The Bertz CT molecular complexity index is 1120. The van der Waals surface area contributed by atoms with Gasteiger partial charge in [-0.15, -0.1) is 0 Å². The zero-order valence-electron chi connectivity index (χ0n) is 16.2. The fourth-order valence-corrected chi connectivity index (χ4v) is 4.08. The summed E-state index contributed by atoms with van der Waals surface area (Å²) in [5, 5.41) is 3.77.